The second-order valence-corrected chi connectivity index (χ2v) is 5.18. The summed E-state index contributed by atoms with van der Waals surface area (Å²) in [5, 5.41) is 14.0. The molecule has 2 N–H and O–H groups in total. The highest BCUT2D eigenvalue weighted by Crippen LogP contribution is 2.35. The molecule has 0 amide bonds. The summed E-state index contributed by atoms with van der Waals surface area (Å²) in [6.45, 7) is 5.68. The van der Waals surface area contributed by atoms with Crippen LogP contribution in [0.4, 0.5) is 0 Å². The molecule has 3 atom stereocenters. The van der Waals surface area contributed by atoms with Crippen molar-refractivity contribution in [1.82, 2.24) is 5.32 Å². The van der Waals surface area contributed by atoms with E-state index in [0.717, 1.165) is 45.6 Å². The molecule has 2 aliphatic rings. The van der Waals surface area contributed by atoms with Crippen molar-refractivity contribution in [3.63, 3.8) is 0 Å². The zero-order valence-electron chi connectivity index (χ0n) is 9.67. The highest BCUT2D eigenvalue weighted by molar-refractivity contribution is 4.92. The molecule has 2 saturated heterocycles. The van der Waals surface area contributed by atoms with Gasteiger partial charge in [-0.05, 0) is 39.2 Å². The Morgan fingerprint density at radius 3 is 2.67 bits per heavy atom. The lowest BCUT2D eigenvalue weighted by Crippen LogP contribution is -2.51. The summed E-state index contributed by atoms with van der Waals surface area (Å²) in [4.78, 5) is 0. The van der Waals surface area contributed by atoms with Crippen LogP contribution in [0, 0.1) is 11.8 Å². The van der Waals surface area contributed by atoms with Gasteiger partial charge in [0.1, 0.15) is 0 Å². The van der Waals surface area contributed by atoms with Gasteiger partial charge in [0.15, 0.2) is 0 Å². The van der Waals surface area contributed by atoms with Crippen LogP contribution in [0.15, 0.2) is 0 Å². The van der Waals surface area contributed by atoms with Gasteiger partial charge < -0.3 is 15.2 Å². The van der Waals surface area contributed by atoms with E-state index in [1.165, 1.54) is 6.42 Å². The quantitative estimate of drug-likeness (QED) is 0.723. The lowest BCUT2D eigenvalue weighted by atomic mass is 9.73. The minimum atomic E-state index is -0.548. The first kappa shape index (κ1) is 11.4. The second kappa shape index (κ2) is 4.81. The molecule has 0 aromatic heterocycles. The van der Waals surface area contributed by atoms with E-state index < -0.39 is 5.60 Å². The van der Waals surface area contributed by atoms with E-state index >= 15 is 0 Å². The van der Waals surface area contributed by atoms with Crippen molar-refractivity contribution in [3.8, 4) is 0 Å². The second-order valence-electron chi connectivity index (χ2n) is 5.18. The molecular weight excluding hydrogens is 190 g/mol. The Labute approximate surface area is 92.2 Å². The molecule has 2 rings (SSSR count). The number of hydrogen-bond acceptors (Lipinski definition) is 3. The summed E-state index contributed by atoms with van der Waals surface area (Å²) < 4.78 is 5.48. The maximum absolute atomic E-state index is 10.6. The molecule has 2 heterocycles. The third kappa shape index (κ3) is 2.52. The van der Waals surface area contributed by atoms with Gasteiger partial charge in [-0.15, -0.1) is 0 Å². The zero-order valence-corrected chi connectivity index (χ0v) is 9.67. The maximum atomic E-state index is 10.6. The van der Waals surface area contributed by atoms with Crippen molar-refractivity contribution < 1.29 is 9.84 Å². The van der Waals surface area contributed by atoms with Crippen LogP contribution in [-0.4, -0.2) is 37.0 Å². The summed E-state index contributed by atoms with van der Waals surface area (Å²) in [7, 11) is 0. The zero-order chi connectivity index (χ0) is 10.7. The van der Waals surface area contributed by atoms with Gasteiger partial charge in [-0.25, -0.2) is 0 Å². The van der Waals surface area contributed by atoms with E-state index in [1.54, 1.807) is 0 Å². The SMILES string of the molecule is CC(O)(C1CCCNC1)C1CCCOC1. The predicted molar refractivity (Wildman–Crippen MR) is 59.8 cm³/mol. The van der Waals surface area contributed by atoms with Crippen molar-refractivity contribution in [2.24, 2.45) is 11.8 Å². The number of rotatable bonds is 2. The standard InChI is InChI=1S/C12H23NO2/c1-12(14,10-4-2-6-13-8-10)11-5-3-7-15-9-11/h10-11,13-14H,2-9H2,1H3. The first-order chi connectivity index (χ1) is 7.21. The van der Waals surface area contributed by atoms with Gasteiger partial charge in [-0.3, -0.25) is 0 Å². The first-order valence-electron chi connectivity index (χ1n) is 6.22. The third-order valence-electron chi connectivity index (χ3n) is 4.11. The lowest BCUT2D eigenvalue weighted by Gasteiger charge is -2.42. The lowest BCUT2D eigenvalue weighted by molar-refractivity contribution is -0.106. The van der Waals surface area contributed by atoms with Crippen LogP contribution in [-0.2, 0) is 4.74 Å². The average Bonchev–Trinajstić information content (AvgIpc) is 2.31. The van der Waals surface area contributed by atoms with Crippen LogP contribution >= 0.6 is 0 Å². The predicted octanol–water partition coefficient (Wildman–Crippen LogP) is 1.16. The molecule has 3 nitrogen and oxygen atoms in total. The minimum absolute atomic E-state index is 0.330. The van der Waals surface area contributed by atoms with Crippen LogP contribution in [0.5, 0.6) is 0 Å². The normalized spacial score (nSPS) is 37.2. The van der Waals surface area contributed by atoms with Gasteiger partial charge in [0.2, 0.25) is 0 Å². The van der Waals surface area contributed by atoms with E-state index in [4.69, 9.17) is 4.74 Å². The summed E-state index contributed by atoms with van der Waals surface area (Å²) in [6.07, 6.45) is 4.55. The highest BCUT2D eigenvalue weighted by atomic mass is 16.5. The molecule has 3 heteroatoms. The maximum Gasteiger partial charge on any atom is 0.0709 e. The molecule has 0 aromatic carbocycles. The van der Waals surface area contributed by atoms with Crippen LogP contribution in [0.25, 0.3) is 0 Å². The summed E-state index contributed by atoms with van der Waals surface area (Å²) in [5.74, 6) is 0.731. The number of piperidine rings is 1. The largest absolute Gasteiger partial charge is 0.389 e. The molecule has 2 fully saturated rings. The topological polar surface area (TPSA) is 41.5 Å². The fourth-order valence-corrected chi connectivity index (χ4v) is 2.89. The highest BCUT2D eigenvalue weighted by Gasteiger charge is 2.40. The van der Waals surface area contributed by atoms with Gasteiger partial charge in [-0.1, -0.05) is 0 Å². The van der Waals surface area contributed by atoms with E-state index in [0.29, 0.717) is 11.8 Å². The van der Waals surface area contributed by atoms with E-state index in [1.807, 2.05) is 6.92 Å². The Morgan fingerprint density at radius 1 is 1.27 bits per heavy atom. The van der Waals surface area contributed by atoms with Crippen LogP contribution in [0.3, 0.4) is 0 Å². The Hall–Kier alpha value is -0.120. The Bertz CT molecular complexity index is 174. The monoisotopic (exact) mass is 213 g/mol. The number of hydrogen-bond donors (Lipinski definition) is 2. The number of ether oxygens (including phenoxy) is 1. The Morgan fingerprint density at radius 2 is 2.07 bits per heavy atom. The Balaban J connectivity index is 1.96. The molecule has 3 unspecified atom stereocenters. The molecule has 15 heavy (non-hydrogen) atoms. The van der Waals surface area contributed by atoms with Crippen molar-refractivity contribution >= 4 is 0 Å². The van der Waals surface area contributed by atoms with Gasteiger partial charge >= 0.3 is 0 Å². The van der Waals surface area contributed by atoms with E-state index in [9.17, 15) is 5.11 Å². The molecule has 0 bridgehead atoms. The van der Waals surface area contributed by atoms with Crippen molar-refractivity contribution in [2.45, 2.75) is 38.2 Å². The van der Waals surface area contributed by atoms with Crippen molar-refractivity contribution in [1.29, 1.82) is 0 Å². The van der Waals surface area contributed by atoms with Crippen LogP contribution < -0.4 is 5.32 Å². The molecule has 88 valence electrons. The van der Waals surface area contributed by atoms with Gasteiger partial charge in [-0.2, -0.15) is 0 Å². The fraction of sp³-hybridized carbons (Fsp3) is 1.00. The van der Waals surface area contributed by atoms with Crippen LogP contribution in [0.1, 0.15) is 32.6 Å². The first-order valence-corrected chi connectivity index (χ1v) is 6.22. The third-order valence-corrected chi connectivity index (χ3v) is 4.11. The van der Waals surface area contributed by atoms with Crippen molar-refractivity contribution in [3.05, 3.63) is 0 Å². The molecular formula is C12H23NO2. The molecule has 2 aliphatic heterocycles. The average molecular weight is 213 g/mol. The van der Waals surface area contributed by atoms with Crippen LogP contribution in [0.2, 0.25) is 0 Å². The fourth-order valence-electron chi connectivity index (χ4n) is 2.89. The number of nitrogens with one attached hydrogen (secondary N) is 1. The molecule has 0 spiro atoms. The molecule has 0 aromatic rings. The molecule has 0 saturated carbocycles. The minimum Gasteiger partial charge on any atom is -0.389 e. The molecule has 0 aliphatic carbocycles. The van der Waals surface area contributed by atoms with Gasteiger partial charge in [0.05, 0.1) is 12.2 Å². The summed E-state index contributed by atoms with van der Waals surface area (Å²) >= 11 is 0. The smallest absolute Gasteiger partial charge is 0.0709 e. The van der Waals surface area contributed by atoms with Crippen molar-refractivity contribution in [2.75, 3.05) is 26.3 Å². The van der Waals surface area contributed by atoms with Gasteiger partial charge in [0.25, 0.3) is 0 Å². The number of aliphatic hydroxyl groups is 1. The summed E-state index contributed by atoms with van der Waals surface area (Å²) in [6, 6.07) is 0. The Kier molecular flexibility index (Phi) is 3.65. The molecule has 0 radical (unpaired) electrons. The summed E-state index contributed by atoms with van der Waals surface area (Å²) in [5.41, 5.74) is -0.548. The van der Waals surface area contributed by atoms with E-state index in [2.05, 4.69) is 5.32 Å². The van der Waals surface area contributed by atoms with Gasteiger partial charge in [0, 0.05) is 25.0 Å². The van der Waals surface area contributed by atoms with E-state index in [-0.39, 0.29) is 0 Å².